The lowest BCUT2D eigenvalue weighted by atomic mass is 10.0. The Bertz CT molecular complexity index is 680. The van der Waals surface area contributed by atoms with Gasteiger partial charge in [-0.2, -0.15) is 10.4 Å². The van der Waals surface area contributed by atoms with Gasteiger partial charge in [-0.1, -0.05) is 12.1 Å². The van der Waals surface area contributed by atoms with E-state index in [9.17, 15) is 4.79 Å². The standard InChI is InChI=1S/C14H13N3O/c1-9-3-4-11(7-10(9)2)13-8-12(5-6-15)14(18)17-16-13/h3-4,7-8H,5H2,1-2H3,(H,17,18). The first-order valence-electron chi connectivity index (χ1n) is 5.65. The first-order valence-corrected chi connectivity index (χ1v) is 5.65. The maximum Gasteiger partial charge on any atom is 0.268 e. The highest BCUT2D eigenvalue weighted by Gasteiger charge is 2.06. The van der Waals surface area contributed by atoms with Gasteiger partial charge in [-0.15, -0.1) is 0 Å². The van der Waals surface area contributed by atoms with Gasteiger partial charge in [-0.25, -0.2) is 5.10 Å². The average Bonchev–Trinajstić information content (AvgIpc) is 2.36. The number of aryl methyl sites for hydroxylation is 2. The number of rotatable bonds is 2. The highest BCUT2D eigenvalue weighted by atomic mass is 16.1. The van der Waals surface area contributed by atoms with Gasteiger partial charge in [0.1, 0.15) is 0 Å². The molecule has 4 heteroatoms. The van der Waals surface area contributed by atoms with Crippen molar-refractivity contribution in [2.75, 3.05) is 0 Å². The summed E-state index contributed by atoms with van der Waals surface area (Å²) in [6.07, 6.45) is 0.0930. The molecule has 0 bridgehead atoms. The summed E-state index contributed by atoms with van der Waals surface area (Å²) in [5, 5.41) is 15.1. The number of hydrogen-bond acceptors (Lipinski definition) is 3. The van der Waals surface area contributed by atoms with Gasteiger partial charge >= 0.3 is 0 Å². The summed E-state index contributed by atoms with van der Waals surface area (Å²) < 4.78 is 0. The molecular formula is C14H13N3O. The van der Waals surface area contributed by atoms with Crippen LogP contribution in [0.4, 0.5) is 0 Å². The lowest BCUT2D eigenvalue weighted by molar-refractivity contribution is 0.962. The van der Waals surface area contributed by atoms with Crippen molar-refractivity contribution in [1.29, 1.82) is 5.26 Å². The van der Waals surface area contributed by atoms with E-state index in [1.165, 1.54) is 11.1 Å². The summed E-state index contributed by atoms with van der Waals surface area (Å²) in [6, 6.07) is 9.64. The molecule has 0 aliphatic carbocycles. The normalized spacial score (nSPS) is 10.1. The Hall–Kier alpha value is -2.41. The SMILES string of the molecule is Cc1ccc(-c2cc(CC#N)c(=O)[nH]n2)cc1C. The van der Waals surface area contributed by atoms with Gasteiger partial charge < -0.3 is 0 Å². The number of benzene rings is 1. The van der Waals surface area contributed by atoms with E-state index in [0.717, 1.165) is 5.56 Å². The maximum absolute atomic E-state index is 11.4. The van der Waals surface area contributed by atoms with Crippen molar-refractivity contribution in [2.45, 2.75) is 20.3 Å². The molecule has 0 radical (unpaired) electrons. The second-order valence-corrected chi connectivity index (χ2v) is 4.24. The first kappa shape index (κ1) is 12.1. The van der Waals surface area contributed by atoms with Crippen LogP contribution >= 0.6 is 0 Å². The highest BCUT2D eigenvalue weighted by Crippen LogP contribution is 2.19. The predicted octanol–water partition coefficient (Wildman–Crippen LogP) is 2.12. The lowest BCUT2D eigenvalue weighted by Gasteiger charge is -2.05. The molecular weight excluding hydrogens is 226 g/mol. The van der Waals surface area contributed by atoms with E-state index in [-0.39, 0.29) is 12.0 Å². The zero-order valence-electron chi connectivity index (χ0n) is 10.3. The third-order valence-electron chi connectivity index (χ3n) is 2.95. The fourth-order valence-electron chi connectivity index (χ4n) is 1.71. The number of aromatic nitrogens is 2. The van der Waals surface area contributed by atoms with Gasteiger partial charge in [0.05, 0.1) is 18.2 Å². The number of aromatic amines is 1. The van der Waals surface area contributed by atoms with Crippen LogP contribution in [0.3, 0.4) is 0 Å². The van der Waals surface area contributed by atoms with Crippen LogP contribution < -0.4 is 5.56 Å². The van der Waals surface area contributed by atoms with Crippen LogP contribution in [-0.2, 0) is 6.42 Å². The van der Waals surface area contributed by atoms with Crippen LogP contribution in [0.1, 0.15) is 16.7 Å². The third kappa shape index (κ3) is 2.30. The number of nitrogens with zero attached hydrogens (tertiary/aromatic N) is 2. The molecule has 0 unspecified atom stereocenters. The molecule has 4 nitrogen and oxygen atoms in total. The zero-order chi connectivity index (χ0) is 13.1. The molecule has 0 aliphatic heterocycles. The Morgan fingerprint density at radius 3 is 2.72 bits per heavy atom. The second-order valence-electron chi connectivity index (χ2n) is 4.24. The number of nitriles is 1. The minimum Gasteiger partial charge on any atom is -0.268 e. The Morgan fingerprint density at radius 2 is 2.06 bits per heavy atom. The molecule has 0 aliphatic rings. The molecule has 0 saturated carbocycles. The van der Waals surface area contributed by atoms with E-state index in [2.05, 4.69) is 10.2 Å². The summed E-state index contributed by atoms with van der Waals surface area (Å²) in [6.45, 7) is 4.07. The minimum atomic E-state index is -0.302. The lowest BCUT2D eigenvalue weighted by Crippen LogP contribution is -2.14. The first-order chi connectivity index (χ1) is 8.61. The highest BCUT2D eigenvalue weighted by molar-refractivity contribution is 5.61. The van der Waals surface area contributed by atoms with Gasteiger partial charge in [0.2, 0.25) is 0 Å². The Kier molecular flexibility index (Phi) is 3.24. The molecule has 1 aromatic carbocycles. The van der Waals surface area contributed by atoms with Gasteiger partial charge in [-0.3, -0.25) is 4.79 Å². The maximum atomic E-state index is 11.4. The smallest absolute Gasteiger partial charge is 0.268 e. The fourth-order valence-corrected chi connectivity index (χ4v) is 1.71. The molecule has 2 rings (SSSR count). The largest absolute Gasteiger partial charge is 0.268 e. The molecule has 90 valence electrons. The number of nitrogens with one attached hydrogen (secondary N) is 1. The summed E-state index contributed by atoms with van der Waals surface area (Å²) in [4.78, 5) is 11.4. The summed E-state index contributed by atoms with van der Waals surface area (Å²) in [5.41, 5.74) is 4.14. The van der Waals surface area contributed by atoms with E-state index >= 15 is 0 Å². The predicted molar refractivity (Wildman–Crippen MR) is 69.1 cm³/mol. The molecule has 1 N–H and O–H groups in total. The Morgan fingerprint density at radius 1 is 1.28 bits per heavy atom. The molecule has 18 heavy (non-hydrogen) atoms. The molecule has 0 spiro atoms. The summed E-state index contributed by atoms with van der Waals surface area (Å²) >= 11 is 0. The van der Waals surface area contributed by atoms with E-state index in [1.54, 1.807) is 6.07 Å². The van der Waals surface area contributed by atoms with Crippen LogP contribution in [0.5, 0.6) is 0 Å². The topological polar surface area (TPSA) is 69.5 Å². The van der Waals surface area contributed by atoms with Gasteiger partial charge in [-0.05, 0) is 37.1 Å². The van der Waals surface area contributed by atoms with Crippen molar-refractivity contribution in [3.05, 3.63) is 51.3 Å². The van der Waals surface area contributed by atoms with Crippen LogP contribution in [0.2, 0.25) is 0 Å². The van der Waals surface area contributed by atoms with Crippen molar-refractivity contribution < 1.29 is 0 Å². The van der Waals surface area contributed by atoms with E-state index < -0.39 is 0 Å². The number of H-pyrrole nitrogens is 1. The van der Waals surface area contributed by atoms with E-state index in [4.69, 9.17) is 5.26 Å². The van der Waals surface area contributed by atoms with E-state index in [0.29, 0.717) is 11.3 Å². The molecule has 1 aromatic heterocycles. The van der Waals surface area contributed by atoms with Crippen molar-refractivity contribution in [2.24, 2.45) is 0 Å². The quantitative estimate of drug-likeness (QED) is 0.872. The fraction of sp³-hybridized carbons (Fsp3) is 0.214. The van der Waals surface area contributed by atoms with Crippen LogP contribution in [0.15, 0.2) is 29.1 Å². The monoisotopic (exact) mass is 239 g/mol. The molecule has 2 aromatic rings. The van der Waals surface area contributed by atoms with Crippen LogP contribution in [-0.4, -0.2) is 10.2 Å². The molecule has 0 atom stereocenters. The molecule has 0 fully saturated rings. The minimum absolute atomic E-state index is 0.0930. The zero-order valence-corrected chi connectivity index (χ0v) is 10.3. The van der Waals surface area contributed by atoms with Crippen molar-refractivity contribution in [3.63, 3.8) is 0 Å². The van der Waals surface area contributed by atoms with Crippen molar-refractivity contribution in [1.82, 2.24) is 10.2 Å². The molecule has 0 amide bonds. The Labute approximate surface area is 105 Å². The van der Waals surface area contributed by atoms with Crippen molar-refractivity contribution >= 4 is 0 Å². The molecule has 1 heterocycles. The second kappa shape index (κ2) is 4.84. The van der Waals surface area contributed by atoms with Crippen molar-refractivity contribution in [3.8, 4) is 17.3 Å². The van der Waals surface area contributed by atoms with Crippen LogP contribution in [0.25, 0.3) is 11.3 Å². The van der Waals surface area contributed by atoms with Gasteiger partial charge in [0, 0.05) is 11.1 Å². The Balaban J connectivity index is 2.51. The van der Waals surface area contributed by atoms with E-state index in [1.807, 2.05) is 38.1 Å². The summed E-state index contributed by atoms with van der Waals surface area (Å²) in [7, 11) is 0. The van der Waals surface area contributed by atoms with Gasteiger partial charge in [0.15, 0.2) is 0 Å². The average molecular weight is 239 g/mol. The summed E-state index contributed by atoms with van der Waals surface area (Å²) in [5.74, 6) is 0. The molecule has 0 saturated heterocycles. The van der Waals surface area contributed by atoms with Gasteiger partial charge in [0.25, 0.3) is 5.56 Å². The number of hydrogen-bond donors (Lipinski definition) is 1. The van der Waals surface area contributed by atoms with Crippen LogP contribution in [0, 0.1) is 25.2 Å². The third-order valence-corrected chi connectivity index (χ3v) is 2.95.